The Morgan fingerprint density at radius 1 is 1.10 bits per heavy atom. The lowest BCUT2D eigenvalue weighted by Gasteiger charge is -2.15. The van der Waals surface area contributed by atoms with Gasteiger partial charge in [0.2, 0.25) is 0 Å². The van der Waals surface area contributed by atoms with Crippen molar-refractivity contribution in [1.82, 2.24) is 5.32 Å². The van der Waals surface area contributed by atoms with Crippen LogP contribution in [-0.2, 0) is 0 Å². The molecule has 0 aliphatic carbocycles. The van der Waals surface area contributed by atoms with E-state index < -0.39 is 0 Å². The molecule has 1 atom stereocenters. The second-order valence-corrected chi connectivity index (χ2v) is 4.46. The molecule has 0 radical (unpaired) electrons. The van der Waals surface area contributed by atoms with Crippen LogP contribution >= 0.6 is 0 Å². The van der Waals surface area contributed by atoms with E-state index in [-0.39, 0.29) is 12.1 Å². The van der Waals surface area contributed by atoms with E-state index in [2.05, 4.69) is 10.6 Å². The van der Waals surface area contributed by atoms with Crippen LogP contribution in [0.2, 0.25) is 0 Å². The van der Waals surface area contributed by atoms with Gasteiger partial charge in [-0.15, -0.1) is 0 Å². The Morgan fingerprint density at radius 3 is 2.55 bits per heavy atom. The number of hydrogen-bond acceptors (Lipinski definition) is 2. The Labute approximate surface area is 118 Å². The van der Waals surface area contributed by atoms with E-state index in [0.29, 0.717) is 11.4 Å². The normalized spacial score (nSPS) is 11.5. The van der Waals surface area contributed by atoms with Crippen LogP contribution in [0.15, 0.2) is 54.6 Å². The first kappa shape index (κ1) is 13.9. The number of urea groups is 1. The van der Waals surface area contributed by atoms with Crippen molar-refractivity contribution in [3.8, 4) is 5.75 Å². The number of methoxy groups -OCH3 is 1. The summed E-state index contributed by atoms with van der Waals surface area (Å²) >= 11 is 0. The quantitative estimate of drug-likeness (QED) is 0.892. The smallest absolute Gasteiger partial charge is 0.319 e. The number of rotatable bonds is 4. The highest BCUT2D eigenvalue weighted by Crippen LogP contribution is 2.17. The fourth-order valence-corrected chi connectivity index (χ4v) is 1.89. The predicted octanol–water partition coefficient (Wildman–Crippen LogP) is 3.58. The standard InChI is InChI=1S/C16H18N2O2/c1-12(13-7-4-3-5-8-13)17-16(19)18-14-9-6-10-15(11-14)20-2/h3-12H,1-2H3,(H2,17,18,19)/t12-/m1/s1. The van der Waals surface area contributed by atoms with Crippen LogP contribution < -0.4 is 15.4 Å². The number of benzene rings is 2. The van der Waals surface area contributed by atoms with Crippen molar-refractivity contribution in [2.24, 2.45) is 0 Å². The summed E-state index contributed by atoms with van der Waals surface area (Å²) in [6, 6.07) is 16.8. The highest BCUT2D eigenvalue weighted by Gasteiger charge is 2.09. The third-order valence-electron chi connectivity index (χ3n) is 2.97. The van der Waals surface area contributed by atoms with Gasteiger partial charge in [0.1, 0.15) is 5.75 Å². The minimum atomic E-state index is -0.241. The molecule has 0 aliphatic heterocycles. The topological polar surface area (TPSA) is 50.4 Å². The molecule has 2 N–H and O–H groups in total. The Balaban J connectivity index is 1.95. The first-order chi connectivity index (χ1) is 9.69. The first-order valence-corrected chi connectivity index (χ1v) is 6.45. The molecule has 0 saturated heterocycles. The van der Waals surface area contributed by atoms with Gasteiger partial charge in [-0.3, -0.25) is 0 Å². The molecule has 2 rings (SSSR count). The first-order valence-electron chi connectivity index (χ1n) is 6.45. The highest BCUT2D eigenvalue weighted by atomic mass is 16.5. The van der Waals surface area contributed by atoms with Gasteiger partial charge in [0.15, 0.2) is 0 Å². The van der Waals surface area contributed by atoms with Crippen LogP contribution in [0.25, 0.3) is 0 Å². The summed E-state index contributed by atoms with van der Waals surface area (Å²) in [6.07, 6.45) is 0. The molecule has 0 saturated carbocycles. The van der Waals surface area contributed by atoms with Crippen molar-refractivity contribution in [3.05, 3.63) is 60.2 Å². The summed E-state index contributed by atoms with van der Waals surface area (Å²) < 4.78 is 5.12. The van der Waals surface area contributed by atoms with Gasteiger partial charge in [0.05, 0.1) is 13.2 Å². The Morgan fingerprint density at radius 2 is 1.85 bits per heavy atom. The van der Waals surface area contributed by atoms with Crippen molar-refractivity contribution in [2.45, 2.75) is 13.0 Å². The molecule has 0 aliphatic rings. The van der Waals surface area contributed by atoms with Crippen LogP contribution in [0.5, 0.6) is 5.75 Å². The van der Waals surface area contributed by atoms with Crippen LogP contribution in [0.1, 0.15) is 18.5 Å². The van der Waals surface area contributed by atoms with Crippen LogP contribution in [-0.4, -0.2) is 13.1 Å². The number of anilines is 1. The number of ether oxygens (including phenoxy) is 1. The van der Waals surface area contributed by atoms with Gasteiger partial charge in [-0.25, -0.2) is 4.79 Å². The number of nitrogens with one attached hydrogen (secondary N) is 2. The fourth-order valence-electron chi connectivity index (χ4n) is 1.89. The van der Waals surface area contributed by atoms with E-state index in [1.807, 2.05) is 55.5 Å². The average molecular weight is 270 g/mol. The maximum Gasteiger partial charge on any atom is 0.319 e. The zero-order chi connectivity index (χ0) is 14.4. The molecule has 0 unspecified atom stereocenters. The van der Waals surface area contributed by atoms with E-state index >= 15 is 0 Å². The lowest BCUT2D eigenvalue weighted by atomic mass is 10.1. The molecular weight excluding hydrogens is 252 g/mol. The summed E-state index contributed by atoms with van der Waals surface area (Å²) in [4.78, 5) is 11.9. The predicted molar refractivity (Wildman–Crippen MR) is 80.0 cm³/mol. The van der Waals surface area contributed by atoms with Crippen molar-refractivity contribution >= 4 is 11.7 Å². The zero-order valence-corrected chi connectivity index (χ0v) is 11.6. The SMILES string of the molecule is COc1cccc(NC(=O)N[C@H](C)c2ccccc2)c1. The van der Waals surface area contributed by atoms with Gasteiger partial charge in [0.25, 0.3) is 0 Å². The number of carbonyl (C=O) groups excluding carboxylic acids is 1. The van der Waals surface area contributed by atoms with E-state index in [1.54, 1.807) is 13.2 Å². The van der Waals surface area contributed by atoms with Gasteiger partial charge in [0, 0.05) is 11.8 Å². The number of amides is 2. The molecule has 104 valence electrons. The largest absolute Gasteiger partial charge is 0.497 e. The van der Waals surface area contributed by atoms with Crippen molar-refractivity contribution < 1.29 is 9.53 Å². The molecule has 20 heavy (non-hydrogen) atoms. The maximum atomic E-state index is 11.9. The van der Waals surface area contributed by atoms with Gasteiger partial charge >= 0.3 is 6.03 Å². The summed E-state index contributed by atoms with van der Waals surface area (Å²) in [6.45, 7) is 1.94. The van der Waals surface area contributed by atoms with Crippen molar-refractivity contribution in [2.75, 3.05) is 12.4 Å². The Bertz CT molecular complexity index is 570. The summed E-state index contributed by atoms with van der Waals surface area (Å²) in [5.41, 5.74) is 1.76. The third-order valence-corrected chi connectivity index (χ3v) is 2.97. The van der Waals surface area contributed by atoms with Crippen molar-refractivity contribution in [3.63, 3.8) is 0 Å². The van der Waals surface area contributed by atoms with E-state index in [0.717, 1.165) is 5.56 Å². The van der Waals surface area contributed by atoms with E-state index in [9.17, 15) is 4.79 Å². The molecule has 2 aromatic rings. The molecule has 0 aromatic heterocycles. The van der Waals surface area contributed by atoms with Gasteiger partial charge in [-0.1, -0.05) is 36.4 Å². The fraction of sp³-hybridized carbons (Fsp3) is 0.188. The Kier molecular flexibility index (Phi) is 4.60. The van der Waals surface area contributed by atoms with Gasteiger partial charge in [-0.2, -0.15) is 0 Å². The van der Waals surface area contributed by atoms with E-state index in [1.165, 1.54) is 0 Å². The molecule has 0 spiro atoms. The minimum absolute atomic E-state index is 0.0539. The van der Waals surface area contributed by atoms with Gasteiger partial charge < -0.3 is 15.4 Å². The molecule has 0 heterocycles. The zero-order valence-electron chi connectivity index (χ0n) is 11.6. The number of hydrogen-bond donors (Lipinski definition) is 2. The third kappa shape index (κ3) is 3.75. The summed E-state index contributed by atoms with van der Waals surface area (Å²) in [7, 11) is 1.59. The average Bonchev–Trinajstić information content (AvgIpc) is 2.48. The number of carbonyl (C=O) groups is 1. The highest BCUT2D eigenvalue weighted by molar-refractivity contribution is 5.89. The summed E-state index contributed by atoms with van der Waals surface area (Å²) in [5, 5.41) is 5.68. The summed E-state index contributed by atoms with van der Waals surface area (Å²) in [5.74, 6) is 0.707. The monoisotopic (exact) mass is 270 g/mol. The van der Waals surface area contributed by atoms with Crippen molar-refractivity contribution in [1.29, 1.82) is 0 Å². The lowest BCUT2D eigenvalue weighted by Crippen LogP contribution is -2.31. The van der Waals surface area contributed by atoms with Crippen LogP contribution in [0.4, 0.5) is 10.5 Å². The molecular formula is C16H18N2O2. The molecule has 0 bridgehead atoms. The molecule has 2 aromatic carbocycles. The molecule has 2 amide bonds. The van der Waals surface area contributed by atoms with Crippen LogP contribution in [0.3, 0.4) is 0 Å². The molecule has 4 heteroatoms. The minimum Gasteiger partial charge on any atom is -0.497 e. The second-order valence-electron chi connectivity index (χ2n) is 4.46. The lowest BCUT2D eigenvalue weighted by molar-refractivity contribution is 0.249. The molecule has 4 nitrogen and oxygen atoms in total. The van der Waals surface area contributed by atoms with E-state index in [4.69, 9.17) is 4.74 Å². The van der Waals surface area contributed by atoms with Crippen LogP contribution in [0, 0.1) is 0 Å². The Hall–Kier alpha value is -2.49. The maximum absolute atomic E-state index is 11.9. The second kappa shape index (κ2) is 6.61. The van der Waals surface area contributed by atoms with Gasteiger partial charge in [-0.05, 0) is 24.6 Å². The molecule has 0 fully saturated rings.